The molecule has 1 aliphatic rings. The molecular weight excluding hydrogens is 470 g/mol. The Balaban J connectivity index is 1.90. The van der Waals surface area contributed by atoms with E-state index in [0.29, 0.717) is 21.8 Å². The van der Waals surface area contributed by atoms with E-state index in [9.17, 15) is 19.5 Å². The van der Waals surface area contributed by atoms with E-state index in [4.69, 9.17) is 16.3 Å². The Hall–Kier alpha value is -3.91. The van der Waals surface area contributed by atoms with Crippen LogP contribution in [0.25, 0.3) is 5.76 Å². The maximum atomic E-state index is 13.9. The van der Waals surface area contributed by atoms with Gasteiger partial charge in [-0.15, -0.1) is 0 Å². The number of carbonyl (C=O) groups is 3. The molecule has 4 rings (SSSR count). The highest BCUT2D eigenvalue weighted by Crippen LogP contribution is 2.41. The van der Waals surface area contributed by atoms with Gasteiger partial charge in [-0.2, -0.15) is 0 Å². The highest BCUT2D eigenvalue weighted by atomic mass is 35.5. The van der Waals surface area contributed by atoms with Crippen molar-refractivity contribution in [1.29, 1.82) is 0 Å². The molecule has 1 fully saturated rings. The summed E-state index contributed by atoms with van der Waals surface area (Å²) in [6.07, 6.45) is 3.45. The number of nitrogens with zero attached hydrogens (tertiary/aromatic N) is 1. The number of esters is 1. The molecular formula is C26H24ClN3O5. The first-order valence-corrected chi connectivity index (χ1v) is 11.5. The van der Waals surface area contributed by atoms with Crippen LogP contribution in [0.3, 0.4) is 0 Å². The van der Waals surface area contributed by atoms with Crippen LogP contribution in [-0.4, -0.2) is 34.2 Å². The smallest absolute Gasteiger partial charge is 0.355 e. The van der Waals surface area contributed by atoms with Gasteiger partial charge in [0, 0.05) is 27.9 Å². The number of halogens is 1. The number of ketones is 1. The molecule has 1 amide bonds. The molecule has 2 N–H and O–H groups in total. The molecule has 1 atom stereocenters. The number of H-pyrrole nitrogens is 2. The second-order valence-electron chi connectivity index (χ2n) is 8.22. The second-order valence-corrected chi connectivity index (χ2v) is 8.66. The lowest BCUT2D eigenvalue weighted by molar-refractivity contribution is -0.378. The van der Waals surface area contributed by atoms with E-state index in [1.54, 1.807) is 63.5 Å². The van der Waals surface area contributed by atoms with E-state index in [1.165, 1.54) is 4.90 Å². The van der Waals surface area contributed by atoms with E-state index in [0.717, 1.165) is 5.56 Å². The molecule has 9 heteroatoms. The van der Waals surface area contributed by atoms with Crippen molar-refractivity contribution in [3.05, 3.63) is 93.0 Å². The number of aromatic amines is 2. The highest BCUT2D eigenvalue weighted by Gasteiger charge is 2.44. The number of likely N-dealkylation sites (tertiary alicyclic amines) is 1. The van der Waals surface area contributed by atoms with E-state index in [-0.39, 0.29) is 30.0 Å². The van der Waals surface area contributed by atoms with Gasteiger partial charge < -0.3 is 19.7 Å². The summed E-state index contributed by atoms with van der Waals surface area (Å²) in [5.74, 6) is -2.87. The summed E-state index contributed by atoms with van der Waals surface area (Å²) < 4.78 is 5.07. The van der Waals surface area contributed by atoms with Crippen molar-refractivity contribution in [1.82, 2.24) is 9.88 Å². The fraction of sp³-hybridized carbons (Fsp3) is 0.231. The first-order chi connectivity index (χ1) is 16.7. The predicted octanol–water partition coefficient (Wildman–Crippen LogP) is 2.70. The Morgan fingerprint density at radius 3 is 2.66 bits per heavy atom. The Kier molecular flexibility index (Phi) is 6.75. The monoisotopic (exact) mass is 493 g/mol. The highest BCUT2D eigenvalue weighted by molar-refractivity contribution is 6.46. The van der Waals surface area contributed by atoms with Crippen molar-refractivity contribution in [2.45, 2.75) is 33.4 Å². The lowest BCUT2D eigenvalue weighted by Crippen LogP contribution is -2.29. The van der Waals surface area contributed by atoms with Crippen molar-refractivity contribution in [3.63, 3.8) is 0 Å². The average Bonchev–Trinajstić information content (AvgIpc) is 3.27. The minimum absolute atomic E-state index is 0.106. The fourth-order valence-corrected chi connectivity index (χ4v) is 4.61. The normalized spacial score (nSPS) is 17.1. The molecule has 35 heavy (non-hydrogen) atoms. The molecule has 3 heterocycles. The zero-order chi connectivity index (χ0) is 25.3. The molecule has 0 bridgehead atoms. The van der Waals surface area contributed by atoms with Gasteiger partial charge in [-0.3, -0.25) is 9.59 Å². The van der Waals surface area contributed by atoms with E-state index in [1.807, 2.05) is 6.07 Å². The van der Waals surface area contributed by atoms with Crippen LogP contribution in [0.15, 0.2) is 54.4 Å². The molecule has 180 valence electrons. The Morgan fingerprint density at radius 1 is 1.23 bits per heavy atom. The maximum absolute atomic E-state index is 13.9. The van der Waals surface area contributed by atoms with Crippen LogP contribution in [-0.2, 0) is 20.9 Å². The van der Waals surface area contributed by atoms with Crippen molar-refractivity contribution < 1.29 is 29.2 Å². The van der Waals surface area contributed by atoms with Crippen molar-refractivity contribution in [2.75, 3.05) is 6.61 Å². The van der Waals surface area contributed by atoms with Crippen LogP contribution in [0.1, 0.15) is 51.4 Å². The van der Waals surface area contributed by atoms with Gasteiger partial charge in [0.2, 0.25) is 5.78 Å². The molecule has 1 aromatic carbocycles. The summed E-state index contributed by atoms with van der Waals surface area (Å²) in [5.41, 5.74) is 2.19. The van der Waals surface area contributed by atoms with Crippen LogP contribution >= 0.6 is 11.6 Å². The van der Waals surface area contributed by atoms with Gasteiger partial charge in [0.1, 0.15) is 5.69 Å². The molecule has 1 aliphatic heterocycles. The van der Waals surface area contributed by atoms with Gasteiger partial charge in [-0.25, -0.2) is 9.78 Å². The number of amides is 1. The minimum Gasteiger partial charge on any atom is -0.872 e. The third-order valence-corrected chi connectivity index (χ3v) is 6.20. The second kappa shape index (κ2) is 9.76. The van der Waals surface area contributed by atoms with Gasteiger partial charge in [-0.05, 0) is 55.7 Å². The summed E-state index contributed by atoms with van der Waals surface area (Å²) in [6.45, 7) is 5.21. The molecule has 8 nitrogen and oxygen atoms in total. The zero-order valence-electron chi connectivity index (χ0n) is 19.5. The Morgan fingerprint density at radius 2 is 2.00 bits per heavy atom. The summed E-state index contributed by atoms with van der Waals surface area (Å²) in [5, 5.41) is 14.3. The molecule has 0 spiro atoms. The van der Waals surface area contributed by atoms with Crippen LogP contribution in [0.2, 0.25) is 5.02 Å². The van der Waals surface area contributed by atoms with Gasteiger partial charge in [0.25, 0.3) is 5.91 Å². The molecule has 0 radical (unpaired) electrons. The summed E-state index contributed by atoms with van der Waals surface area (Å²) >= 11 is 6.22. The number of nitrogens with one attached hydrogen (secondary N) is 2. The number of aromatic nitrogens is 2. The van der Waals surface area contributed by atoms with E-state index >= 15 is 0 Å². The first kappa shape index (κ1) is 24.2. The van der Waals surface area contributed by atoms with E-state index < -0.39 is 29.5 Å². The average molecular weight is 494 g/mol. The van der Waals surface area contributed by atoms with Crippen molar-refractivity contribution >= 4 is 35.0 Å². The maximum Gasteiger partial charge on any atom is 0.355 e. The van der Waals surface area contributed by atoms with Gasteiger partial charge in [-0.1, -0.05) is 29.5 Å². The number of ether oxygens (including phenoxy) is 1. The van der Waals surface area contributed by atoms with Crippen molar-refractivity contribution in [3.8, 4) is 0 Å². The number of pyridine rings is 1. The fourth-order valence-electron chi connectivity index (χ4n) is 4.41. The van der Waals surface area contributed by atoms with E-state index in [2.05, 4.69) is 9.97 Å². The third kappa shape index (κ3) is 4.44. The van der Waals surface area contributed by atoms with Gasteiger partial charge in [0.15, 0.2) is 12.4 Å². The van der Waals surface area contributed by atoms with Crippen LogP contribution < -0.4 is 10.1 Å². The minimum atomic E-state index is -0.943. The topological polar surface area (TPSA) is 117 Å². The number of carbonyl (C=O) groups excluding carboxylic acids is 3. The number of Topliss-reactive ketones (excluding diaryl/α,β-unsaturated/α-hetero) is 1. The quantitative estimate of drug-likeness (QED) is 0.245. The molecule has 0 aliphatic carbocycles. The third-order valence-electron chi connectivity index (χ3n) is 5.96. The largest absolute Gasteiger partial charge is 0.872 e. The lowest BCUT2D eigenvalue weighted by Gasteiger charge is -2.27. The summed E-state index contributed by atoms with van der Waals surface area (Å²) in [4.78, 5) is 46.0. The number of rotatable bonds is 6. The number of benzene rings is 1. The van der Waals surface area contributed by atoms with Crippen LogP contribution in [0.5, 0.6) is 0 Å². The molecule has 2 aromatic heterocycles. The van der Waals surface area contributed by atoms with Gasteiger partial charge >= 0.3 is 5.97 Å². The molecule has 0 saturated carbocycles. The summed E-state index contributed by atoms with van der Waals surface area (Å²) in [6, 6.07) is 9.39. The van der Waals surface area contributed by atoms with Gasteiger partial charge in [0.05, 0.1) is 19.2 Å². The Labute approximate surface area is 207 Å². The molecule has 3 aromatic rings. The predicted molar refractivity (Wildman–Crippen MR) is 126 cm³/mol. The number of hydrogen-bond acceptors (Lipinski definition) is 5. The first-order valence-electron chi connectivity index (χ1n) is 11.1. The molecule has 1 saturated heterocycles. The number of hydrogen-bond donors (Lipinski definition) is 1. The standard InChI is InChI=1S/C26H24ClN3O5/c1-4-35-26(34)21-14(2)19(15(3)29-21)23(31)20-22(17-8-5-9-18(27)11-17)30(25(33)24(20)32)13-16-7-6-10-28-12-16/h5-12,22,29,31H,4,13H2,1-3H3/b23-20+. The molecule has 1 unspecified atom stereocenters. The van der Waals surface area contributed by atoms with Crippen LogP contribution in [0.4, 0.5) is 0 Å². The van der Waals surface area contributed by atoms with Crippen molar-refractivity contribution in [2.24, 2.45) is 0 Å². The Bertz CT molecular complexity index is 1350. The number of aryl methyl sites for hydroxylation is 1. The lowest BCUT2D eigenvalue weighted by atomic mass is 9.94. The van der Waals surface area contributed by atoms with Crippen LogP contribution in [0, 0.1) is 13.8 Å². The zero-order valence-corrected chi connectivity index (χ0v) is 20.2. The summed E-state index contributed by atoms with van der Waals surface area (Å²) in [7, 11) is 0. The SMILES string of the molecule is CCOC(=O)c1[nH]c(C)c(/C([O-])=C2\C(=O)C(=O)N(Cc3ccc[nH+]c3)C2c2cccc(Cl)c2)c1C.